The van der Waals surface area contributed by atoms with Gasteiger partial charge in [-0.2, -0.15) is 0 Å². The summed E-state index contributed by atoms with van der Waals surface area (Å²) in [6, 6.07) is 5.48. The van der Waals surface area contributed by atoms with Gasteiger partial charge in [-0.05, 0) is 24.5 Å². The lowest BCUT2D eigenvalue weighted by molar-refractivity contribution is -0.143. The zero-order valence-corrected chi connectivity index (χ0v) is 8.94. The van der Waals surface area contributed by atoms with E-state index < -0.39 is 18.1 Å². The maximum Gasteiger partial charge on any atom is 0.338 e. The number of carboxylic acids is 1. The van der Waals surface area contributed by atoms with E-state index in [-0.39, 0.29) is 0 Å². The van der Waals surface area contributed by atoms with Crippen LogP contribution >= 0.6 is 0 Å². The van der Waals surface area contributed by atoms with Crippen LogP contribution in [0, 0.1) is 0 Å². The second-order valence-corrected chi connectivity index (χ2v) is 3.92. The summed E-state index contributed by atoms with van der Waals surface area (Å²) >= 11 is 0. The largest absolute Gasteiger partial charge is 0.496 e. The molecule has 2 unspecified atom stereocenters. The first-order chi connectivity index (χ1) is 7.65. The quantitative estimate of drug-likeness (QED) is 0.855. The molecule has 4 heteroatoms. The summed E-state index contributed by atoms with van der Waals surface area (Å²) in [5.74, 6) is -1.39. The van der Waals surface area contributed by atoms with E-state index >= 15 is 0 Å². The molecule has 1 aromatic carbocycles. The Kier molecular flexibility index (Phi) is 2.81. The van der Waals surface area contributed by atoms with Crippen LogP contribution in [0.25, 0.3) is 0 Å². The number of methoxy groups -OCH3 is 1. The summed E-state index contributed by atoms with van der Waals surface area (Å²) in [6.07, 6.45) is -0.605. The minimum absolute atomic E-state index is 0.531. The molecule has 0 radical (unpaired) electrons. The molecule has 16 heavy (non-hydrogen) atoms. The molecule has 1 N–H and O–H groups in total. The van der Waals surface area contributed by atoms with Crippen LogP contribution in [0.1, 0.15) is 23.5 Å². The number of fused-ring (bicyclic) bond motifs is 1. The molecule has 0 amide bonds. The van der Waals surface area contributed by atoms with Gasteiger partial charge in [0.2, 0.25) is 6.17 Å². The van der Waals surface area contributed by atoms with Gasteiger partial charge in [0.15, 0.2) is 0 Å². The minimum Gasteiger partial charge on any atom is -0.496 e. The summed E-state index contributed by atoms with van der Waals surface area (Å²) in [5.41, 5.74) is 1.72. The molecule has 0 saturated carbocycles. The van der Waals surface area contributed by atoms with Gasteiger partial charge in [-0.1, -0.05) is 12.1 Å². The molecular formula is C12H13FO3. The Labute approximate surface area is 92.9 Å². The molecule has 1 aliphatic carbocycles. The highest BCUT2D eigenvalue weighted by molar-refractivity contribution is 5.74. The monoisotopic (exact) mass is 224 g/mol. The van der Waals surface area contributed by atoms with Crippen molar-refractivity contribution < 1.29 is 19.0 Å². The van der Waals surface area contributed by atoms with Gasteiger partial charge >= 0.3 is 5.97 Å². The molecule has 2 atom stereocenters. The van der Waals surface area contributed by atoms with Gasteiger partial charge < -0.3 is 9.84 Å². The Balaban J connectivity index is 2.41. The van der Waals surface area contributed by atoms with Crippen LogP contribution in [-0.2, 0) is 11.2 Å². The van der Waals surface area contributed by atoms with Crippen LogP contribution in [-0.4, -0.2) is 24.4 Å². The lowest BCUT2D eigenvalue weighted by Gasteiger charge is -2.16. The average Bonchev–Trinajstić information content (AvgIpc) is 2.71. The molecule has 0 spiro atoms. The maximum atomic E-state index is 13.6. The third-order valence-electron chi connectivity index (χ3n) is 3.06. The van der Waals surface area contributed by atoms with Crippen molar-refractivity contribution in [2.45, 2.75) is 24.9 Å². The van der Waals surface area contributed by atoms with Crippen molar-refractivity contribution in [3.63, 3.8) is 0 Å². The Bertz CT molecular complexity index is 417. The van der Waals surface area contributed by atoms with E-state index in [9.17, 15) is 9.18 Å². The minimum atomic E-state index is -1.85. The molecule has 0 saturated heterocycles. The van der Waals surface area contributed by atoms with Crippen LogP contribution in [0.4, 0.5) is 4.39 Å². The Hall–Kier alpha value is -1.58. The summed E-state index contributed by atoms with van der Waals surface area (Å²) < 4.78 is 18.7. The molecule has 1 aliphatic rings. The smallest absolute Gasteiger partial charge is 0.338 e. The van der Waals surface area contributed by atoms with Gasteiger partial charge in [-0.15, -0.1) is 0 Å². The zero-order valence-electron chi connectivity index (χ0n) is 8.94. The highest BCUT2D eigenvalue weighted by Gasteiger charge is 2.36. The van der Waals surface area contributed by atoms with Gasteiger partial charge in [0, 0.05) is 11.5 Å². The average molecular weight is 224 g/mol. The number of benzene rings is 1. The van der Waals surface area contributed by atoms with Crippen LogP contribution in [0.3, 0.4) is 0 Å². The van der Waals surface area contributed by atoms with Crippen molar-refractivity contribution in [2.75, 3.05) is 7.11 Å². The van der Waals surface area contributed by atoms with E-state index in [2.05, 4.69) is 0 Å². The normalized spacial score (nSPS) is 20.2. The highest BCUT2D eigenvalue weighted by Crippen LogP contribution is 2.42. The van der Waals surface area contributed by atoms with Crippen molar-refractivity contribution in [1.82, 2.24) is 0 Å². The molecule has 0 aromatic heterocycles. The van der Waals surface area contributed by atoms with Crippen LogP contribution < -0.4 is 4.74 Å². The fourth-order valence-electron chi connectivity index (χ4n) is 2.33. The summed E-state index contributed by atoms with van der Waals surface area (Å²) in [4.78, 5) is 10.7. The predicted octanol–water partition coefficient (Wildman–Crippen LogP) is 2.15. The molecule has 1 aromatic rings. The third-order valence-corrected chi connectivity index (χ3v) is 3.06. The van der Waals surface area contributed by atoms with E-state index in [1.54, 1.807) is 6.07 Å². The molecular weight excluding hydrogens is 211 g/mol. The fourth-order valence-corrected chi connectivity index (χ4v) is 2.33. The number of rotatable bonds is 3. The van der Waals surface area contributed by atoms with E-state index in [4.69, 9.17) is 9.84 Å². The van der Waals surface area contributed by atoms with Crippen LogP contribution in [0.5, 0.6) is 5.75 Å². The number of hydrogen-bond acceptors (Lipinski definition) is 2. The topological polar surface area (TPSA) is 46.5 Å². The van der Waals surface area contributed by atoms with Crippen molar-refractivity contribution in [3.8, 4) is 5.75 Å². The van der Waals surface area contributed by atoms with Gasteiger partial charge in [-0.3, -0.25) is 0 Å². The first-order valence-electron chi connectivity index (χ1n) is 5.17. The Morgan fingerprint density at radius 2 is 2.38 bits per heavy atom. The molecule has 0 fully saturated rings. The lowest BCUT2D eigenvalue weighted by Crippen LogP contribution is -2.22. The van der Waals surface area contributed by atoms with E-state index in [1.165, 1.54) is 7.11 Å². The van der Waals surface area contributed by atoms with Gasteiger partial charge in [0.05, 0.1) is 7.11 Å². The Morgan fingerprint density at radius 1 is 1.62 bits per heavy atom. The molecule has 86 valence electrons. The molecule has 3 nitrogen and oxygen atoms in total. The number of alkyl halides is 1. The lowest BCUT2D eigenvalue weighted by atomic mass is 9.95. The predicted molar refractivity (Wildman–Crippen MR) is 56.6 cm³/mol. The number of carbonyl (C=O) groups is 1. The number of ether oxygens (including phenoxy) is 1. The second kappa shape index (κ2) is 4.12. The number of carboxylic acid groups (broad SMARTS) is 1. The second-order valence-electron chi connectivity index (χ2n) is 3.92. The van der Waals surface area contributed by atoms with Gasteiger partial charge in [0.1, 0.15) is 5.75 Å². The van der Waals surface area contributed by atoms with E-state index in [1.807, 2.05) is 12.1 Å². The standard InChI is InChI=1S/C12H13FO3/c1-16-9-4-2-3-7-5-6-8(10(7)9)11(13)12(14)15/h2-4,8,11H,5-6H2,1H3,(H,14,15). The Morgan fingerprint density at radius 3 is 3.00 bits per heavy atom. The van der Waals surface area contributed by atoms with Crippen LogP contribution in [0.15, 0.2) is 18.2 Å². The first-order valence-corrected chi connectivity index (χ1v) is 5.17. The van der Waals surface area contributed by atoms with Crippen molar-refractivity contribution in [2.24, 2.45) is 0 Å². The number of hydrogen-bond donors (Lipinski definition) is 1. The summed E-state index contributed by atoms with van der Waals surface area (Å²) in [6.45, 7) is 0. The third kappa shape index (κ3) is 1.64. The molecule has 2 rings (SSSR count). The maximum absolute atomic E-state index is 13.6. The van der Waals surface area contributed by atoms with E-state index in [0.717, 1.165) is 11.1 Å². The summed E-state index contributed by atoms with van der Waals surface area (Å²) in [5, 5.41) is 8.72. The number of halogens is 1. The van der Waals surface area contributed by atoms with Crippen molar-refractivity contribution >= 4 is 5.97 Å². The number of aliphatic carboxylic acids is 1. The summed E-state index contributed by atoms with van der Waals surface area (Å²) in [7, 11) is 1.51. The highest BCUT2D eigenvalue weighted by atomic mass is 19.1. The van der Waals surface area contributed by atoms with Crippen molar-refractivity contribution in [3.05, 3.63) is 29.3 Å². The molecule has 0 heterocycles. The fraction of sp³-hybridized carbons (Fsp3) is 0.417. The van der Waals surface area contributed by atoms with Gasteiger partial charge in [0.25, 0.3) is 0 Å². The molecule has 0 aliphatic heterocycles. The SMILES string of the molecule is COc1cccc2c1C(C(F)C(=O)O)CC2. The number of aryl methyl sites for hydroxylation is 1. The first kappa shape index (κ1) is 10.9. The zero-order chi connectivity index (χ0) is 11.7. The van der Waals surface area contributed by atoms with E-state index in [0.29, 0.717) is 18.6 Å². The molecule has 0 bridgehead atoms. The van der Waals surface area contributed by atoms with Crippen LogP contribution in [0.2, 0.25) is 0 Å². The van der Waals surface area contributed by atoms with Gasteiger partial charge in [-0.25, -0.2) is 9.18 Å². The van der Waals surface area contributed by atoms with Crippen molar-refractivity contribution in [1.29, 1.82) is 0 Å².